The number of carbonyl (C=O) groups excluding carboxylic acids is 1. The van der Waals surface area contributed by atoms with Gasteiger partial charge in [0.2, 0.25) is 0 Å². The van der Waals surface area contributed by atoms with Gasteiger partial charge < -0.3 is 10.4 Å². The van der Waals surface area contributed by atoms with E-state index < -0.39 is 11.7 Å². The van der Waals surface area contributed by atoms with E-state index in [-0.39, 0.29) is 11.3 Å². The normalized spacial score (nSPS) is 10.3. The van der Waals surface area contributed by atoms with Crippen molar-refractivity contribution in [2.75, 3.05) is 6.54 Å². The lowest BCUT2D eigenvalue weighted by molar-refractivity contribution is 0.0952. The summed E-state index contributed by atoms with van der Waals surface area (Å²) >= 11 is 5.86. The average molecular weight is 294 g/mol. The number of hydrogen-bond donors (Lipinski definition) is 2. The largest absolute Gasteiger partial charge is 0.507 e. The Labute approximate surface area is 121 Å². The van der Waals surface area contributed by atoms with Crippen molar-refractivity contribution < 1.29 is 14.3 Å². The van der Waals surface area contributed by atoms with Gasteiger partial charge in [0, 0.05) is 17.1 Å². The van der Waals surface area contributed by atoms with E-state index >= 15 is 0 Å². The first-order valence-corrected chi connectivity index (χ1v) is 6.47. The fourth-order valence-corrected chi connectivity index (χ4v) is 2.03. The van der Waals surface area contributed by atoms with Crippen LogP contribution in [0.2, 0.25) is 5.02 Å². The number of phenols is 1. The molecule has 0 aromatic heterocycles. The first kappa shape index (κ1) is 14.3. The Kier molecular flexibility index (Phi) is 4.25. The van der Waals surface area contributed by atoms with Crippen molar-refractivity contribution in [1.82, 2.24) is 5.32 Å². The van der Waals surface area contributed by atoms with E-state index in [9.17, 15) is 14.3 Å². The minimum Gasteiger partial charge on any atom is -0.507 e. The van der Waals surface area contributed by atoms with E-state index in [0.29, 0.717) is 22.7 Å². The Balaban J connectivity index is 2.43. The molecular formula is C15H13ClFNO2. The molecule has 0 aliphatic rings. The monoisotopic (exact) mass is 293 g/mol. The molecule has 104 valence electrons. The molecule has 0 radical (unpaired) electrons. The predicted molar refractivity (Wildman–Crippen MR) is 76.5 cm³/mol. The quantitative estimate of drug-likeness (QED) is 0.908. The second-order valence-corrected chi connectivity index (χ2v) is 4.65. The molecule has 2 aromatic carbocycles. The van der Waals surface area contributed by atoms with Crippen molar-refractivity contribution in [3.8, 4) is 16.9 Å². The number of hydrogen-bond acceptors (Lipinski definition) is 2. The van der Waals surface area contributed by atoms with Gasteiger partial charge in [-0.25, -0.2) is 4.39 Å². The van der Waals surface area contributed by atoms with Crippen LogP contribution in [0.4, 0.5) is 4.39 Å². The molecule has 2 rings (SSSR count). The molecule has 0 aliphatic carbocycles. The first-order valence-electron chi connectivity index (χ1n) is 6.09. The number of carbonyl (C=O) groups is 1. The smallest absolute Gasteiger partial charge is 0.254 e. The maximum absolute atomic E-state index is 14.0. The van der Waals surface area contributed by atoms with Crippen molar-refractivity contribution >= 4 is 17.5 Å². The summed E-state index contributed by atoms with van der Waals surface area (Å²) in [5.74, 6) is -1.11. The van der Waals surface area contributed by atoms with Crippen molar-refractivity contribution in [3.05, 3.63) is 52.8 Å². The Morgan fingerprint density at radius 1 is 1.30 bits per heavy atom. The van der Waals surface area contributed by atoms with Gasteiger partial charge in [-0.2, -0.15) is 0 Å². The number of nitrogens with one attached hydrogen (secondary N) is 1. The van der Waals surface area contributed by atoms with Crippen LogP contribution in [0.1, 0.15) is 17.3 Å². The molecule has 3 nitrogen and oxygen atoms in total. The number of benzene rings is 2. The fourth-order valence-electron chi connectivity index (χ4n) is 1.86. The zero-order chi connectivity index (χ0) is 14.7. The van der Waals surface area contributed by atoms with Gasteiger partial charge in [0.1, 0.15) is 11.6 Å². The highest BCUT2D eigenvalue weighted by Crippen LogP contribution is 2.32. The van der Waals surface area contributed by atoms with E-state index in [1.807, 2.05) is 0 Å². The van der Waals surface area contributed by atoms with Crippen LogP contribution in [0.3, 0.4) is 0 Å². The van der Waals surface area contributed by atoms with Crippen LogP contribution in [-0.2, 0) is 0 Å². The van der Waals surface area contributed by atoms with Crippen molar-refractivity contribution in [3.63, 3.8) is 0 Å². The van der Waals surface area contributed by atoms with Crippen molar-refractivity contribution in [2.24, 2.45) is 0 Å². The minimum absolute atomic E-state index is 0.000408. The number of phenolic OH excluding ortho intramolecular Hbond substituents is 1. The standard InChI is InChI=1S/C15H13ClFNO2/c1-2-18-15(20)11-5-3-9(7-13(11)17)12-8-10(16)4-6-14(12)19/h3-8,19H,2H2,1H3,(H,18,20). The lowest BCUT2D eigenvalue weighted by Crippen LogP contribution is -2.23. The molecule has 0 saturated heterocycles. The molecular weight excluding hydrogens is 281 g/mol. The van der Waals surface area contributed by atoms with Gasteiger partial charge in [-0.1, -0.05) is 17.7 Å². The molecule has 0 unspecified atom stereocenters. The summed E-state index contributed by atoms with van der Waals surface area (Å²) < 4.78 is 14.0. The van der Waals surface area contributed by atoms with Crippen LogP contribution in [0, 0.1) is 5.82 Å². The Morgan fingerprint density at radius 3 is 2.70 bits per heavy atom. The summed E-state index contributed by atoms with van der Waals surface area (Å²) in [5.41, 5.74) is 0.839. The van der Waals surface area contributed by atoms with E-state index in [2.05, 4.69) is 5.32 Å². The van der Waals surface area contributed by atoms with Crippen LogP contribution in [0.15, 0.2) is 36.4 Å². The second-order valence-electron chi connectivity index (χ2n) is 4.22. The van der Waals surface area contributed by atoms with Crippen LogP contribution in [-0.4, -0.2) is 17.6 Å². The highest BCUT2D eigenvalue weighted by molar-refractivity contribution is 6.31. The lowest BCUT2D eigenvalue weighted by atomic mass is 10.0. The summed E-state index contributed by atoms with van der Waals surface area (Å²) in [6, 6.07) is 8.68. The summed E-state index contributed by atoms with van der Waals surface area (Å²) in [4.78, 5) is 11.6. The van der Waals surface area contributed by atoms with Gasteiger partial charge >= 0.3 is 0 Å². The molecule has 0 aliphatic heterocycles. The summed E-state index contributed by atoms with van der Waals surface area (Å²) in [6.07, 6.45) is 0. The molecule has 0 atom stereocenters. The molecule has 0 bridgehead atoms. The molecule has 0 heterocycles. The molecule has 20 heavy (non-hydrogen) atoms. The first-order chi connectivity index (χ1) is 9.52. The van der Waals surface area contributed by atoms with Gasteiger partial charge in [0.15, 0.2) is 0 Å². The third-order valence-electron chi connectivity index (χ3n) is 2.82. The number of amides is 1. The van der Waals surface area contributed by atoms with Gasteiger partial charge in [0.25, 0.3) is 5.91 Å². The zero-order valence-corrected chi connectivity index (χ0v) is 11.5. The molecule has 1 amide bonds. The summed E-state index contributed by atoms with van der Waals surface area (Å²) in [5, 5.41) is 12.8. The van der Waals surface area contributed by atoms with Crippen LogP contribution >= 0.6 is 11.6 Å². The van der Waals surface area contributed by atoms with Crippen LogP contribution < -0.4 is 5.32 Å². The van der Waals surface area contributed by atoms with Crippen LogP contribution in [0.25, 0.3) is 11.1 Å². The van der Waals surface area contributed by atoms with Gasteiger partial charge in [-0.3, -0.25) is 4.79 Å². The van der Waals surface area contributed by atoms with E-state index in [1.54, 1.807) is 19.1 Å². The summed E-state index contributed by atoms with van der Waals surface area (Å²) in [6.45, 7) is 2.18. The van der Waals surface area contributed by atoms with Crippen LogP contribution in [0.5, 0.6) is 5.75 Å². The maximum atomic E-state index is 14.0. The van der Waals surface area contributed by atoms with Crippen molar-refractivity contribution in [1.29, 1.82) is 0 Å². The Hall–Kier alpha value is -2.07. The third-order valence-corrected chi connectivity index (χ3v) is 3.06. The van der Waals surface area contributed by atoms with Gasteiger partial charge in [-0.05, 0) is 42.8 Å². The SMILES string of the molecule is CCNC(=O)c1ccc(-c2cc(Cl)ccc2O)cc1F. The number of rotatable bonds is 3. The molecule has 2 N–H and O–H groups in total. The maximum Gasteiger partial charge on any atom is 0.254 e. The minimum atomic E-state index is -0.646. The number of aromatic hydroxyl groups is 1. The van der Waals surface area contributed by atoms with Crippen molar-refractivity contribution in [2.45, 2.75) is 6.92 Å². The molecule has 0 saturated carbocycles. The molecule has 0 fully saturated rings. The molecule has 5 heteroatoms. The Morgan fingerprint density at radius 2 is 2.05 bits per heavy atom. The fraction of sp³-hybridized carbons (Fsp3) is 0.133. The lowest BCUT2D eigenvalue weighted by Gasteiger charge is -2.08. The van der Waals surface area contributed by atoms with Gasteiger partial charge in [-0.15, -0.1) is 0 Å². The average Bonchev–Trinajstić information content (AvgIpc) is 2.41. The highest BCUT2D eigenvalue weighted by atomic mass is 35.5. The molecule has 2 aromatic rings. The van der Waals surface area contributed by atoms with E-state index in [0.717, 1.165) is 0 Å². The summed E-state index contributed by atoms with van der Waals surface area (Å²) in [7, 11) is 0. The van der Waals surface area contributed by atoms with Gasteiger partial charge in [0.05, 0.1) is 5.56 Å². The highest BCUT2D eigenvalue weighted by Gasteiger charge is 2.13. The van der Waals surface area contributed by atoms with E-state index in [1.165, 1.54) is 24.3 Å². The topological polar surface area (TPSA) is 49.3 Å². The third kappa shape index (κ3) is 2.91. The van der Waals surface area contributed by atoms with E-state index in [4.69, 9.17) is 11.6 Å². The number of halogens is 2. The molecule has 0 spiro atoms. The second kappa shape index (κ2) is 5.92. The Bertz CT molecular complexity index is 658. The predicted octanol–water partition coefficient (Wildman–Crippen LogP) is 3.60. The zero-order valence-electron chi connectivity index (χ0n) is 10.8.